The summed E-state index contributed by atoms with van der Waals surface area (Å²) in [5, 5.41) is 0. The molecule has 0 spiro atoms. The summed E-state index contributed by atoms with van der Waals surface area (Å²) in [6.45, 7) is 3.57. The van der Waals surface area contributed by atoms with Crippen molar-refractivity contribution >= 4 is 18.6 Å². The van der Waals surface area contributed by atoms with Gasteiger partial charge in [-0.25, -0.2) is 4.79 Å². The number of esters is 1. The van der Waals surface area contributed by atoms with Crippen molar-refractivity contribution in [3.05, 3.63) is 0 Å². The second kappa shape index (κ2) is 2.87. The van der Waals surface area contributed by atoms with Gasteiger partial charge in [-0.15, -0.1) is 0 Å². The monoisotopic (exact) mass is 204 g/mol. The van der Waals surface area contributed by atoms with Crippen LogP contribution in [0.3, 0.4) is 0 Å². The second-order valence-corrected chi connectivity index (χ2v) is 4.04. The molecule has 0 amide bonds. The van der Waals surface area contributed by atoms with Crippen LogP contribution in [0.4, 0.5) is 0 Å². The third-order valence-corrected chi connectivity index (χ3v) is 2.54. The Kier molecular flexibility index (Phi) is 2.05. The van der Waals surface area contributed by atoms with Gasteiger partial charge >= 0.3 is 5.97 Å². The predicted octanol–water partition coefficient (Wildman–Crippen LogP) is 0.362. The van der Waals surface area contributed by atoms with E-state index in [1.54, 1.807) is 13.8 Å². The van der Waals surface area contributed by atoms with Crippen LogP contribution in [0.15, 0.2) is 0 Å². The van der Waals surface area contributed by atoms with Crippen molar-refractivity contribution < 1.29 is 19.0 Å². The molecule has 3 unspecified atom stereocenters. The van der Waals surface area contributed by atoms with E-state index in [1.165, 1.54) is 0 Å². The Balaban J connectivity index is 2.17. The van der Waals surface area contributed by atoms with Crippen LogP contribution in [0.1, 0.15) is 13.8 Å². The molecule has 0 aliphatic carbocycles. The van der Waals surface area contributed by atoms with Gasteiger partial charge in [-0.05, 0) is 13.8 Å². The van der Waals surface area contributed by atoms with Crippen molar-refractivity contribution in [2.75, 3.05) is 5.75 Å². The van der Waals surface area contributed by atoms with Gasteiger partial charge in [-0.2, -0.15) is 12.6 Å². The number of rotatable bonds is 1. The Hall–Kier alpha value is -0.260. The third-order valence-electron chi connectivity index (χ3n) is 2.18. The summed E-state index contributed by atoms with van der Waals surface area (Å²) >= 11 is 4.08. The van der Waals surface area contributed by atoms with Crippen LogP contribution in [-0.4, -0.2) is 35.8 Å². The van der Waals surface area contributed by atoms with Gasteiger partial charge in [0.15, 0.2) is 11.9 Å². The van der Waals surface area contributed by atoms with Crippen molar-refractivity contribution in [2.45, 2.75) is 37.9 Å². The summed E-state index contributed by atoms with van der Waals surface area (Å²) in [5.41, 5.74) is 0. The molecule has 0 radical (unpaired) electrons. The molecule has 5 heteroatoms. The minimum absolute atomic E-state index is 0.275. The fourth-order valence-corrected chi connectivity index (χ4v) is 1.95. The lowest BCUT2D eigenvalue weighted by molar-refractivity contribution is -0.185. The van der Waals surface area contributed by atoms with E-state index in [0.29, 0.717) is 5.75 Å². The number of carbonyl (C=O) groups is 1. The van der Waals surface area contributed by atoms with Crippen molar-refractivity contribution in [1.29, 1.82) is 0 Å². The average molecular weight is 204 g/mol. The lowest BCUT2D eigenvalue weighted by Crippen LogP contribution is -2.30. The Labute approximate surface area is 81.9 Å². The normalized spacial score (nSPS) is 41.8. The quantitative estimate of drug-likeness (QED) is 0.495. The zero-order valence-electron chi connectivity index (χ0n) is 7.52. The van der Waals surface area contributed by atoms with E-state index in [0.717, 1.165) is 0 Å². The highest BCUT2D eigenvalue weighted by atomic mass is 32.1. The Morgan fingerprint density at radius 3 is 2.77 bits per heavy atom. The summed E-state index contributed by atoms with van der Waals surface area (Å²) in [5.74, 6) is -0.558. The number of fused-ring (bicyclic) bond motifs is 1. The van der Waals surface area contributed by atoms with Crippen molar-refractivity contribution in [3.63, 3.8) is 0 Å². The molecule has 2 aliphatic rings. The number of hydrogen-bond donors (Lipinski definition) is 1. The highest BCUT2D eigenvalue weighted by molar-refractivity contribution is 7.80. The van der Waals surface area contributed by atoms with Gasteiger partial charge in [-0.3, -0.25) is 0 Å². The maximum absolute atomic E-state index is 11.3. The van der Waals surface area contributed by atoms with Crippen LogP contribution in [0, 0.1) is 0 Å². The summed E-state index contributed by atoms with van der Waals surface area (Å²) in [4.78, 5) is 11.3. The fraction of sp³-hybridized carbons (Fsp3) is 0.875. The van der Waals surface area contributed by atoms with Crippen molar-refractivity contribution in [1.82, 2.24) is 0 Å². The van der Waals surface area contributed by atoms with Crippen LogP contribution in [-0.2, 0) is 19.0 Å². The molecule has 0 aromatic heterocycles. The van der Waals surface area contributed by atoms with E-state index < -0.39 is 11.9 Å². The Morgan fingerprint density at radius 1 is 1.46 bits per heavy atom. The fourth-order valence-electron chi connectivity index (χ4n) is 1.67. The van der Waals surface area contributed by atoms with Crippen LogP contribution < -0.4 is 0 Å². The van der Waals surface area contributed by atoms with Gasteiger partial charge in [0.1, 0.15) is 12.2 Å². The van der Waals surface area contributed by atoms with Crippen molar-refractivity contribution in [2.24, 2.45) is 0 Å². The number of thiol groups is 1. The molecule has 0 aromatic carbocycles. The number of cyclic esters (lactones) is 1. The van der Waals surface area contributed by atoms with Crippen LogP contribution in [0.25, 0.3) is 0 Å². The lowest BCUT2D eigenvalue weighted by atomic mass is 10.2. The van der Waals surface area contributed by atoms with Crippen LogP contribution >= 0.6 is 12.6 Å². The highest BCUT2D eigenvalue weighted by Crippen LogP contribution is 2.36. The SMILES string of the molecule is CC1(C)OC2C(=O)OC(CS)C2O1. The molecule has 4 nitrogen and oxygen atoms in total. The average Bonchev–Trinajstić information content (AvgIpc) is 2.47. The number of carbonyl (C=O) groups excluding carboxylic acids is 1. The van der Waals surface area contributed by atoms with Crippen LogP contribution in [0.2, 0.25) is 0 Å². The third kappa shape index (κ3) is 1.45. The first-order chi connectivity index (χ1) is 6.03. The largest absolute Gasteiger partial charge is 0.457 e. The molecule has 0 bridgehead atoms. The first kappa shape index (κ1) is 9.30. The second-order valence-electron chi connectivity index (χ2n) is 3.68. The van der Waals surface area contributed by atoms with E-state index in [9.17, 15) is 4.79 Å². The molecule has 0 N–H and O–H groups in total. The van der Waals surface area contributed by atoms with Gasteiger partial charge in [0, 0.05) is 5.75 Å². The highest BCUT2D eigenvalue weighted by Gasteiger charge is 2.55. The Morgan fingerprint density at radius 2 is 2.15 bits per heavy atom. The van der Waals surface area contributed by atoms with Gasteiger partial charge in [0.05, 0.1) is 0 Å². The van der Waals surface area contributed by atoms with E-state index in [-0.39, 0.29) is 18.2 Å². The molecule has 2 heterocycles. The minimum atomic E-state index is -0.685. The summed E-state index contributed by atoms with van der Waals surface area (Å²) in [7, 11) is 0. The first-order valence-electron chi connectivity index (χ1n) is 4.20. The molecule has 13 heavy (non-hydrogen) atoms. The topological polar surface area (TPSA) is 44.8 Å². The molecule has 3 atom stereocenters. The summed E-state index contributed by atoms with van der Waals surface area (Å²) in [6.07, 6.45) is -1.13. The summed E-state index contributed by atoms with van der Waals surface area (Å²) < 4.78 is 15.9. The molecule has 2 aliphatic heterocycles. The van der Waals surface area contributed by atoms with E-state index in [1.807, 2.05) is 0 Å². The molecular formula is C8H12O4S. The molecular weight excluding hydrogens is 192 g/mol. The standard InChI is InChI=1S/C8H12O4S/c1-8(2)11-5-4(3-13)10-7(9)6(5)12-8/h4-6,13H,3H2,1-2H3. The van der Waals surface area contributed by atoms with Crippen molar-refractivity contribution in [3.8, 4) is 0 Å². The zero-order valence-corrected chi connectivity index (χ0v) is 8.41. The molecule has 2 fully saturated rings. The van der Waals surface area contributed by atoms with Gasteiger partial charge < -0.3 is 14.2 Å². The van der Waals surface area contributed by atoms with E-state index >= 15 is 0 Å². The van der Waals surface area contributed by atoms with E-state index in [4.69, 9.17) is 14.2 Å². The van der Waals surface area contributed by atoms with Crippen LogP contribution in [0.5, 0.6) is 0 Å². The van der Waals surface area contributed by atoms with Gasteiger partial charge in [0.2, 0.25) is 0 Å². The first-order valence-corrected chi connectivity index (χ1v) is 4.84. The van der Waals surface area contributed by atoms with Gasteiger partial charge in [0.25, 0.3) is 0 Å². The number of ether oxygens (including phenoxy) is 3. The summed E-state index contributed by atoms with van der Waals surface area (Å²) in [6, 6.07) is 0. The predicted molar refractivity (Wildman–Crippen MR) is 47.6 cm³/mol. The maximum atomic E-state index is 11.3. The molecule has 2 saturated heterocycles. The molecule has 74 valence electrons. The maximum Gasteiger partial charge on any atom is 0.338 e. The zero-order chi connectivity index (χ0) is 9.64. The smallest absolute Gasteiger partial charge is 0.338 e. The molecule has 0 saturated carbocycles. The minimum Gasteiger partial charge on any atom is -0.457 e. The van der Waals surface area contributed by atoms with E-state index in [2.05, 4.69) is 12.6 Å². The Bertz CT molecular complexity index is 240. The lowest BCUT2D eigenvalue weighted by Gasteiger charge is -2.20. The number of hydrogen-bond acceptors (Lipinski definition) is 5. The molecule has 2 rings (SSSR count). The molecule has 0 aromatic rings. The van der Waals surface area contributed by atoms with Gasteiger partial charge in [-0.1, -0.05) is 0 Å².